The van der Waals surface area contributed by atoms with Crippen LogP contribution in [0.15, 0.2) is 41.3 Å². The van der Waals surface area contributed by atoms with E-state index in [1.165, 1.54) is 20.6 Å². The standard InChI is InChI=1S/C20H26N2O4S/c1-15-7-9-19(26-3)20(13-15)27(23,24)21-17-14-16(8-10-18(17)25-2)22-11-5-4-6-12-22/h7-10,13-14,21H,4-6,11-12H2,1-3H3. The summed E-state index contributed by atoms with van der Waals surface area (Å²) in [6.45, 7) is 3.80. The van der Waals surface area contributed by atoms with Gasteiger partial charge in [-0.3, -0.25) is 4.72 Å². The summed E-state index contributed by atoms with van der Waals surface area (Å²) in [5.74, 6) is 0.783. The Kier molecular flexibility index (Phi) is 5.79. The molecule has 0 aliphatic carbocycles. The first kappa shape index (κ1) is 19.4. The molecule has 1 fully saturated rings. The maximum atomic E-state index is 13.0. The largest absolute Gasteiger partial charge is 0.495 e. The second-order valence-electron chi connectivity index (χ2n) is 6.69. The van der Waals surface area contributed by atoms with Gasteiger partial charge in [-0.05, 0) is 62.1 Å². The molecule has 0 atom stereocenters. The molecule has 146 valence electrons. The highest BCUT2D eigenvalue weighted by atomic mass is 32.2. The number of benzene rings is 2. The van der Waals surface area contributed by atoms with Crippen LogP contribution in [0.3, 0.4) is 0 Å². The zero-order valence-corrected chi connectivity index (χ0v) is 16.8. The van der Waals surface area contributed by atoms with Gasteiger partial charge in [0.05, 0.1) is 19.9 Å². The van der Waals surface area contributed by atoms with Crippen LogP contribution in [0.1, 0.15) is 24.8 Å². The second kappa shape index (κ2) is 8.08. The number of aryl methyl sites for hydroxylation is 1. The minimum absolute atomic E-state index is 0.107. The molecular weight excluding hydrogens is 364 g/mol. The van der Waals surface area contributed by atoms with E-state index in [1.54, 1.807) is 18.2 Å². The Morgan fingerprint density at radius 1 is 0.926 bits per heavy atom. The SMILES string of the molecule is COc1ccc(N2CCCCC2)cc1NS(=O)(=O)c1cc(C)ccc1OC. The number of sulfonamides is 1. The molecule has 1 saturated heterocycles. The molecule has 2 aromatic rings. The molecule has 1 N–H and O–H groups in total. The van der Waals surface area contributed by atoms with Crippen molar-refractivity contribution < 1.29 is 17.9 Å². The van der Waals surface area contributed by atoms with Crippen LogP contribution in [0.2, 0.25) is 0 Å². The number of hydrogen-bond acceptors (Lipinski definition) is 5. The van der Waals surface area contributed by atoms with Crippen molar-refractivity contribution in [2.45, 2.75) is 31.1 Å². The summed E-state index contributed by atoms with van der Waals surface area (Å²) in [6.07, 6.45) is 3.53. The highest BCUT2D eigenvalue weighted by Gasteiger charge is 2.22. The predicted octanol–water partition coefficient (Wildman–Crippen LogP) is 3.80. The molecule has 1 aliphatic rings. The Balaban J connectivity index is 1.97. The quantitative estimate of drug-likeness (QED) is 0.812. The lowest BCUT2D eigenvalue weighted by Crippen LogP contribution is -2.29. The molecule has 0 saturated carbocycles. The van der Waals surface area contributed by atoms with Crippen LogP contribution in [0.4, 0.5) is 11.4 Å². The normalized spacial score (nSPS) is 14.7. The number of hydrogen-bond donors (Lipinski definition) is 1. The number of rotatable bonds is 6. The molecule has 0 spiro atoms. The minimum Gasteiger partial charge on any atom is -0.495 e. The van der Waals surface area contributed by atoms with Crippen molar-refractivity contribution in [2.24, 2.45) is 0 Å². The van der Waals surface area contributed by atoms with Gasteiger partial charge in [0.15, 0.2) is 0 Å². The van der Waals surface area contributed by atoms with E-state index < -0.39 is 10.0 Å². The van der Waals surface area contributed by atoms with Crippen molar-refractivity contribution in [1.82, 2.24) is 0 Å². The molecule has 1 heterocycles. The Hall–Kier alpha value is -2.41. The van der Waals surface area contributed by atoms with Gasteiger partial charge in [0.1, 0.15) is 16.4 Å². The fourth-order valence-electron chi connectivity index (χ4n) is 3.32. The van der Waals surface area contributed by atoms with Gasteiger partial charge in [0.2, 0.25) is 0 Å². The summed E-state index contributed by atoms with van der Waals surface area (Å²) < 4.78 is 39.3. The number of methoxy groups -OCH3 is 2. The molecule has 0 radical (unpaired) electrons. The van der Waals surface area contributed by atoms with Crippen LogP contribution < -0.4 is 19.1 Å². The number of anilines is 2. The van der Waals surface area contributed by atoms with E-state index in [1.807, 2.05) is 25.1 Å². The molecule has 0 bridgehead atoms. The number of piperidine rings is 1. The van der Waals surface area contributed by atoms with Gasteiger partial charge in [-0.25, -0.2) is 8.42 Å². The lowest BCUT2D eigenvalue weighted by atomic mass is 10.1. The van der Waals surface area contributed by atoms with Crippen molar-refractivity contribution >= 4 is 21.4 Å². The van der Waals surface area contributed by atoms with Crippen LogP contribution in [0.5, 0.6) is 11.5 Å². The minimum atomic E-state index is -3.83. The molecule has 7 heteroatoms. The first-order valence-electron chi connectivity index (χ1n) is 9.05. The Bertz CT molecular complexity index is 906. The Morgan fingerprint density at radius 2 is 1.59 bits per heavy atom. The van der Waals surface area contributed by atoms with E-state index in [-0.39, 0.29) is 4.90 Å². The number of nitrogens with zero attached hydrogens (tertiary/aromatic N) is 1. The van der Waals surface area contributed by atoms with Gasteiger partial charge >= 0.3 is 0 Å². The van der Waals surface area contributed by atoms with Crippen LogP contribution in [0, 0.1) is 6.92 Å². The fourth-order valence-corrected chi connectivity index (χ4v) is 4.63. The third kappa shape index (κ3) is 4.30. The average Bonchev–Trinajstić information content (AvgIpc) is 2.68. The summed E-state index contributed by atoms with van der Waals surface area (Å²) >= 11 is 0. The molecule has 0 unspecified atom stereocenters. The van der Waals surface area contributed by atoms with Gasteiger partial charge in [-0.1, -0.05) is 6.07 Å². The highest BCUT2D eigenvalue weighted by molar-refractivity contribution is 7.92. The van der Waals surface area contributed by atoms with Gasteiger partial charge in [0, 0.05) is 18.8 Å². The van der Waals surface area contributed by atoms with Crippen molar-refractivity contribution in [3.63, 3.8) is 0 Å². The molecule has 3 rings (SSSR count). The van der Waals surface area contributed by atoms with Gasteiger partial charge in [0.25, 0.3) is 10.0 Å². The smallest absolute Gasteiger partial charge is 0.265 e. The molecular formula is C20H26N2O4S. The zero-order valence-electron chi connectivity index (χ0n) is 16.0. The van der Waals surface area contributed by atoms with Crippen LogP contribution in [0.25, 0.3) is 0 Å². The Morgan fingerprint density at radius 3 is 2.26 bits per heavy atom. The maximum Gasteiger partial charge on any atom is 0.265 e. The Labute approximate surface area is 161 Å². The van der Waals surface area contributed by atoms with E-state index in [0.29, 0.717) is 17.2 Å². The van der Waals surface area contributed by atoms with Crippen molar-refractivity contribution in [1.29, 1.82) is 0 Å². The molecule has 1 aliphatic heterocycles. The zero-order chi connectivity index (χ0) is 19.4. The van der Waals surface area contributed by atoms with Crippen molar-refractivity contribution in [2.75, 3.05) is 36.9 Å². The average molecular weight is 391 g/mol. The van der Waals surface area contributed by atoms with E-state index >= 15 is 0 Å². The van der Waals surface area contributed by atoms with Crippen LogP contribution in [-0.2, 0) is 10.0 Å². The maximum absolute atomic E-state index is 13.0. The third-order valence-electron chi connectivity index (χ3n) is 4.76. The van der Waals surface area contributed by atoms with E-state index in [9.17, 15) is 8.42 Å². The second-order valence-corrected chi connectivity index (χ2v) is 8.34. The summed E-state index contributed by atoms with van der Waals surface area (Å²) in [7, 11) is -0.844. The van der Waals surface area contributed by atoms with Gasteiger partial charge < -0.3 is 14.4 Å². The van der Waals surface area contributed by atoms with Crippen LogP contribution in [-0.4, -0.2) is 35.7 Å². The first-order chi connectivity index (χ1) is 12.9. The van der Waals surface area contributed by atoms with E-state index in [2.05, 4.69) is 9.62 Å². The fraction of sp³-hybridized carbons (Fsp3) is 0.400. The van der Waals surface area contributed by atoms with E-state index in [0.717, 1.165) is 37.2 Å². The van der Waals surface area contributed by atoms with Gasteiger partial charge in [-0.2, -0.15) is 0 Å². The predicted molar refractivity (Wildman–Crippen MR) is 108 cm³/mol. The first-order valence-corrected chi connectivity index (χ1v) is 10.5. The van der Waals surface area contributed by atoms with Crippen LogP contribution >= 0.6 is 0 Å². The molecule has 6 nitrogen and oxygen atoms in total. The summed E-state index contributed by atoms with van der Waals surface area (Å²) in [5, 5.41) is 0. The monoisotopic (exact) mass is 390 g/mol. The highest BCUT2D eigenvalue weighted by Crippen LogP contribution is 2.34. The summed E-state index contributed by atoms with van der Waals surface area (Å²) in [6, 6.07) is 10.7. The van der Waals surface area contributed by atoms with Gasteiger partial charge in [-0.15, -0.1) is 0 Å². The molecule has 0 aromatic heterocycles. The lowest BCUT2D eigenvalue weighted by Gasteiger charge is -2.29. The third-order valence-corrected chi connectivity index (χ3v) is 6.14. The molecule has 0 amide bonds. The number of ether oxygens (including phenoxy) is 2. The lowest BCUT2D eigenvalue weighted by molar-refractivity contribution is 0.402. The van der Waals surface area contributed by atoms with Crippen molar-refractivity contribution in [3.05, 3.63) is 42.0 Å². The molecule has 27 heavy (non-hydrogen) atoms. The topological polar surface area (TPSA) is 67.9 Å². The summed E-state index contributed by atoms with van der Waals surface area (Å²) in [4.78, 5) is 2.38. The van der Waals surface area contributed by atoms with E-state index in [4.69, 9.17) is 9.47 Å². The molecule has 2 aromatic carbocycles. The number of nitrogens with one attached hydrogen (secondary N) is 1. The summed E-state index contributed by atoms with van der Waals surface area (Å²) in [5.41, 5.74) is 2.25. The van der Waals surface area contributed by atoms with Crippen molar-refractivity contribution in [3.8, 4) is 11.5 Å².